The van der Waals surface area contributed by atoms with Gasteiger partial charge in [-0.2, -0.15) is 0 Å². The van der Waals surface area contributed by atoms with E-state index in [4.69, 9.17) is 4.52 Å². The second-order valence-corrected chi connectivity index (χ2v) is 18.3. The van der Waals surface area contributed by atoms with E-state index in [1.54, 1.807) is 24.3 Å². The molecule has 3 aromatic rings. The van der Waals surface area contributed by atoms with Gasteiger partial charge in [-0.3, -0.25) is 0 Å². The first-order chi connectivity index (χ1) is 20.6. The summed E-state index contributed by atoms with van der Waals surface area (Å²) in [6, 6.07) is 13.9. The monoisotopic (exact) mass is 610 g/mol. The third kappa shape index (κ3) is 9.05. The van der Waals surface area contributed by atoms with Gasteiger partial charge in [-0.05, 0) is 0 Å². The van der Waals surface area contributed by atoms with E-state index >= 15 is 0 Å². The van der Waals surface area contributed by atoms with Crippen molar-refractivity contribution in [1.29, 1.82) is 0 Å². The van der Waals surface area contributed by atoms with Crippen LogP contribution >= 0.6 is 6.83 Å². The Morgan fingerprint density at radius 3 is 1.23 bits per heavy atom. The van der Waals surface area contributed by atoms with E-state index in [1.807, 2.05) is 0 Å². The van der Waals surface area contributed by atoms with Crippen molar-refractivity contribution in [3.05, 3.63) is 76.3 Å². The molecule has 238 valence electrons. The zero-order valence-electron chi connectivity index (χ0n) is 27.2. The predicted octanol–water partition coefficient (Wildman–Crippen LogP) is 10.0. The van der Waals surface area contributed by atoms with E-state index in [1.165, 1.54) is 12.1 Å². The molecule has 4 N–H and O–H groups in total. The first kappa shape index (κ1) is 34.6. The Kier molecular flexibility index (Phi) is 12.6. The van der Waals surface area contributed by atoms with Crippen LogP contribution in [0.3, 0.4) is 0 Å². The van der Waals surface area contributed by atoms with E-state index < -0.39 is 6.83 Å². The van der Waals surface area contributed by atoms with Crippen molar-refractivity contribution in [3.63, 3.8) is 0 Å². The maximum atomic E-state index is 10.8. The van der Waals surface area contributed by atoms with Crippen molar-refractivity contribution in [2.75, 3.05) is 24.6 Å². The molecule has 6 heteroatoms. The van der Waals surface area contributed by atoms with Crippen molar-refractivity contribution < 1.29 is 24.9 Å². The van der Waals surface area contributed by atoms with E-state index in [0.717, 1.165) is 110 Å². The van der Waals surface area contributed by atoms with Gasteiger partial charge < -0.3 is 0 Å². The topological polar surface area (TPSA) is 90.2 Å². The summed E-state index contributed by atoms with van der Waals surface area (Å²) in [7, 11) is 0. The SMILES string of the molecule is CCCCP(CCCC)(CCCC)(CCCC)Oc1c(Cc2ccc(O)cc2O)cc(C)cc1Cc1ccc(O)cc1O. The van der Waals surface area contributed by atoms with Crippen molar-refractivity contribution in [2.45, 2.75) is 98.8 Å². The minimum atomic E-state index is -2.75. The summed E-state index contributed by atoms with van der Waals surface area (Å²) < 4.78 is 7.86. The summed E-state index contributed by atoms with van der Waals surface area (Å²) in [5, 5.41) is 41.5. The number of hydrogen-bond acceptors (Lipinski definition) is 5. The number of aryl methyl sites for hydroxylation is 1. The molecule has 5 nitrogen and oxygen atoms in total. The second kappa shape index (κ2) is 15.7. The quantitative estimate of drug-likeness (QED) is 0.108. The van der Waals surface area contributed by atoms with Crippen molar-refractivity contribution in [3.8, 4) is 28.7 Å². The van der Waals surface area contributed by atoms with Crippen LogP contribution in [0, 0.1) is 6.92 Å². The van der Waals surface area contributed by atoms with Gasteiger partial charge in [0.2, 0.25) is 0 Å². The number of benzene rings is 3. The first-order valence-corrected chi connectivity index (χ1v) is 19.3. The van der Waals surface area contributed by atoms with Crippen molar-refractivity contribution >= 4 is 6.83 Å². The molecule has 0 atom stereocenters. The van der Waals surface area contributed by atoms with Gasteiger partial charge in [0.15, 0.2) is 0 Å². The van der Waals surface area contributed by atoms with Crippen molar-refractivity contribution in [1.82, 2.24) is 0 Å². The molecule has 0 saturated heterocycles. The number of phenolic OH excluding ortho intramolecular Hbond substituents is 4. The van der Waals surface area contributed by atoms with Crippen LogP contribution in [0.25, 0.3) is 0 Å². The van der Waals surface area contributed by atoms with Crippen LogP contribution in [-0.4, -0.2) is 45.1 Å². The fourth-order valence-corrected chi connectivity index (χ4v) is 13.4. The molecule has 0 aliphatic heterocycles. The fourth-order valence-electron chi connectivity index (χ4n) is 6.47. The molecule has 0 aliphatic carbocycles. The third-order valence-electron chi connectivity index (χ3n) is 8.95. The van der Waals surface area contributed by atoms with Gasteiger partial charge in [-0.25, -0.2) is 0 Å². The molecule has 0 unspecified atom stereocenters. The first-order valence-electron chi connectivity index (χ1n) is 16.4. The van der Waals surface area contributed by atoms with Gasteiger partial charge in [0.25, 0.3) is 0 Å². The van der Waals surface area contributed by atoms with Crippen LogP contribution in [0.1, 0.15) is 107 Å². The maximum absolute atomic E-state index is 10.8. The van der Waals surface area contributed by atoms with Crippen LogP contribution in [-0.2, 0) is 12.8 Å². The van der Waals surface area contributed by atoms with E-state index in [-0.39, 0.29) is 23.0 Å². The Labute approximate surface area is 260 Å². The van der Waals surface area contributed by atoms with Crippen LogP contribution in [0.5, 0.6) is 28.7 Å². The average Bonchev–Trinajstić information content (AvgIpc) is 2.97. The third-order valence-corrected chi connectivity index (χ3v) is 15.4. The van der Waals surface area contributed by atoms with Crippen LogP contribution in [0.15, 0.2) is 48.5 Å². The zero-order chi connectivity index (χ0) is 31.5. The van der Waals surface area contributed by atoms with Gasteiger partial charge >= 0.3 is 260 Å². The Morgan fingerprint density at radius 1 is 0.535 bits per heavy atom. The molecular formula is C37H55O5P. The Bertz CT molecular complexity index is 1220. The van der Waals surface area contributed by atoms with Crippen LogP contribution in [0.4, 0.5) is 0 Å². The number of phenols is 4. The number of rotatable bonds is 18. The summed E-state index contributed by atoms with van der Waals surface area (Å²) >= 11 is 0. The standard InChI is InChI=1S/C37H55O5P/c1-6-10-18-43(19-11-7-2,20-12-8-3,21-13-9-4)42-37-31(24-29-14-16-33(38)26-35(29)40)22-28(5)23-32(37)25-30-15-17-34(39)27-36(30)41/h14-17,22-23,26-27,38-41H,6-13,18-21,24-25H2,1-5H3. The molecule has 0 bridgehead atoms. The molecule has 3 aromatic carbocycles. The number of aromatic hydroxyl groups is 4. The fraction of sp³-hybridized carbons (Fsp3) is 0.514. The number of unbranched alkanes of at least 4 members (excludes halogenated alkanes) is 4. The molecule has 0 spiro atoms. The van der Waals surface area contributed by atoms with Gasteiger partial charge in [-0.1, -0.05) is 0 Å². The van der Waals surface area contributed by atoms with E-state index in [2.05, 4.69) is 46.8 Å². The molecule has 0 aliphatic rings. The molecule has 0 amide bonds. The molecule has 0 heterocycles. The molecule has 0 saturated carbocycles. The second-order valence-electron chi connectivity index (χ2n) is 12.6. The zero-order valence-corrected chi connectivity index (χ0v) is 28.1. The van der Waals surface area contributed by atoms with Gasteiger partial charge in [0, 0.05) is 0 Å². The molecule has 3 rings (SSSR count). The van der Waals surface area contributed by atoms with Gasteiger partial charge in [-0.15, -0.1) is 0 Å². The van der Waals surface area contributed by atoms with E-state index in [0.29, 0.717) is 12.8 Å². The Hall–Kier alpha value is -2.91. The van der Waals surface area contributed by atoms with Gasteiger partial charge in [0.1, 0.15) is 0 Å². The molecule has 0 aromatic heterocycles. The molecule has 0 radical (unpaired) electrons. The summed E-state index contributed by atoms with van der Waals surface area (Å²) in [6.07, 6.45) is 14.5. The van der Waals surface area contributed by atoms with E-state index in [9.17, 15) is 20.4 Å². The minimum absolute atomic E-state index is 0.0358. The average molecular weight is 611 g/mol. The Balaban J connectivity index is 2.31. The summed E-state index contributed by atoms with van der Waals surface area (Å²) in [4.78, 5) is 0. The van der Waals surface area contributed by atoms with Gasteiger partial charge in [0.05, 0.1) is 0 Å². The summed E-state index contributed by atoms with van der Waals surface area (Å²) in [5.41, 5.74) is 4.58. The van der Waals surface area contributed by atoms with Crippen LogP contribution < -0.4 is 4.52 Å². The molecular weight excluding hydrogens is 555 g/mol. The Morgan fingerprint density at radius 2 is 0.907 bits per heavy atom. The summed E-state index contributed by atoms with van der Waals surface area (Å²) in [6.45, 7) is 8.42. The summed E-state index contributed by atoms with van der Waals surface area (Å²) in [5.74, 6) is 1.10. The normalized spacial score (nSPS) is 12.6. The predicted molar refractivity (Wildman–Crippen MR) is 183 cm³/mol. The molecule has 43 heavy (non-hydrogen) atoms. The van der Waals surface area contributed by atoms with Crippen LogP contribution in [0.2, 0.25) is 0 Å². The number of hydrogen-bond donors (Lipinski definition) is 4. The van der Waals surface area contributed by atoms with Crippen molar-refractivity contribution in [2.24, 2.45) is 0 Å². The molecule has 0 fully saturated rings.